The fourth-order valence-electron chi connectivity index (χ4n) is 8.53. The van der Waals surface area contributed by atoms with Gasteiger partial charge in [0.05, 0.1) is 43.8 Å². The maximum absolute atomic E-state index is 12.2. The van der Waals surface area contributed by atoms with Crippen LogP contribution in [-0.2, 0) is 0 Å². The van der Waals surface area contributed by atoms with E-state index in [1.807, 2.05) is 0 Å². The van der Waals surface area contributed by atoms with E-state index in [2.05, 4.69) is 0 Å². The normalized spacial score (nSPS) is 11.8. The molecule has 0 spiro atoms. The topological polar surface area (TPSA) is 539 Å². The molecule has 0 saturated heterocycles. The molecule has 1 heterocycles. The summed E-state index contributed by atoms with van der Waals surface area (Å²) >= 11 is 0. The maximum atomic E-state index is 12.2. The molecule has 9 aromatic rings. The SMILES string of the molecule is Oc1c(O)c(O)c(-c2c(O)c(O)c(O)c(-c3c4c(O)c(O)c(O)c(O)c4c(-c4c(O)c(O)c5oc6c(O)c7c(O)c(O)c(O)c(O)c7c(O)c6c5c4O)c4c(O)c(O)c(O)c(O)c34)c2O)c(O)c1O. The number of phenols is 26. The number of fused-ring (bicyclic) bond motifs is 6. The van der Waals surface area contributed by atoms with Gasteiger partial charge in [0.15, 0.2) is 80.2 Å². The van der Waals surface area contributed by atoms with E-state index in [4.69, 9.17) is 4.42 Å². The highest BCUT2D eigenvalue weighted by molar-refractivity contribution is 6.32. The highest BCUT2D eigenvalue weighted by atomic mass is 16.4. The van der Waals surface area contributed by atoms with Crippen LogP contribution in [0.3, 0.4) is 0 Å². The van der Waals surface area contributed by atoms with Gasteiger partial charge in [0.2, 0.25) is 63.2 Å². The van der Waals surface area contributed by atoms with Gasteiger partial charge in [-0.15, -0.1) is 0 Å². The van der Waals surface area contributed by atoms with Crippen LogP contribution in [0, 0.1) is 0 Å². The second kappa shape index (κ2) is 13.4. The van der Waals surface area contributed by atoms with E-state index in [1.165, 1.54) is 0 Å². The summed E-state index contributed by atoms with van der Waals surface area (Å²) in [4.78, 5) is 0. The average molecular weight is 963 g/mol. The average Bonchev–Trinajstić information content (AvgIpc) is 3.74. The molecule has 27 nitrogen and oxygen atoms in total. The van der Waals surface area contributed by atoms with Crippen LogP contribution < -0.4 is 0 Å². The van der Waals surface area contributed by atoms with Gasteiger partial charge in [-0.05, 0) is 0 Å². The number of furan rings is 1. The summed E-state index contributed by atoms with van der Waals surface area (Å²) in [5.41, 5.74) is -11.2. The molecule has 0 saturated carbocycles. The number of hydrogen-bond donors (Lipinski definition) is 26. The second-order valence-corrected chi connectivity index (χ2v) is 15.1. The monoisotopic (exact) mass is 962 g/mol. The Balaban J connectivity index is 1.60. The van der Waals surface area contributed by atoms with Crippen molar-refractivity contribution in [1.82, 2.24) is 0 Å². The third kappa shape index (κ3) is 4.86. The molecule has 0 aliphatic heterocycles. The fraction of sp³-hybridized carbons (Fsp3) is 0. The van der Waals surface area contributed by atoms with E-state index in [0.29, 0.717) is 0 Å². The lowest BCUT2D eigenvalue weighted by Crippen LogP contribution is -1.97. The number of phenolic OH excluding ortho intramolecular Hbond substituents is 26. The van der Waals surface area contributed by atoms with Crippen LogP contribution in [-0.4, -0.2) is 133 Å². The minimum Gasteiger partial charge on any atom is -0.506 e. The van der Waals surface area contributed by atoms with Gasteiger partial charge in [-0.2, -0.15) is 0 Å². The van der Waals surface area contributed by atoms with E-state index in [1.54, 1.807) is 0 Å². The molecular weight excluding hydrogens is 936 g/mol. The molecule has 9 rings (SSSR count). The summed E-state index contributed by atoms with van der Waals surface area (Å²) in [6.45, 7) is 0. The van der Waals surface area contributed by atoms with E-state index in [0.717, 1.165) is 0 Å². The van der Waals surface area contributed by atoms with Gasteiger partial charge in [-0.25, -0.2) is 0 Å². The van der Waals surface area contributed by atoms with Gasteiger partial charge in [0.1, 0.15) is 17.2 Å². The third-order valence-electron chi connectivity index (χ3n) is 11.7. The first kappa shape index (κ1) is 43.4. The molecular formula is C42H26O27. The van der Waals surface area contributed by atoms with Gasteiger partial charge in [-0.3, -0.25) is 0 Å². The van der Waals surface area contributed by atoms with Crippen LogP contribution in [0.4, 0.5) is 0 Å². The van der Waals surface area contributed by atoms with Crippen LogP contribution in [0.1, 0.15) is 0 Å². The Hall–Kier alpha value is -10.9. The zero-order valence-electron chi connectivity index (χ0n) is 33.0. The molecule has 0 atom stereocenters. The Kier molecular flexibility index (Phi) is 8.40. The van der Waals surface area contributed by atoms with E-state index in [9.17, 15) is 133 Å². The zero-order chi connectivity index (χ0) is 51.0. The van der Waals surface area contributed by atoms with E-state index in [-0.39, 0.29) is 0 Å². The molecule has 69 heavy (non-hydrogen) atoms. The molecule has 27 heteroatoms. The molecule has 0 radical (unpaired) electrons. The van der Waals surface area contributed by atoms with Crippen molar-refractivity contribution in [3.8, 4) is 183 Å². The third-order valence-corrected chi connectivity index (χ3v) is 11.7. The highest BCUT2D eigenvalue weighted by Gasteiger charge is 2.41. The maximum Gasteiger partial charge on any atom is 0.208 e. The van der Waals surface area contributed by atoms with Crippen molar-refractivity contribution in [2.24, 2.45) is 0 Å². The molecule has 1 aromatic heterocycles. The van der Waals surface area contributed by atoms with Crippen LogP contribution in [0.2, 0.25) is 0 Å². The van der Waals surface area contributed by atoms with E-state index >= 15 is 0 Å². The lowest BCUT2D eigenvalue weighted by atomic mass is 9.81. The lowest BCUT2D eigenvalue weighted by Gasteiger charge is -2.25. The summed E-state index contributed by atoms with van der Waals surface area (Å²) in [6.07, 6.45) is 0. The minimum atomic E-state index is -1.84. The second-order valence-electron chi connectivity index (χ2n) is 15.1. The fourth-order valence-corrected chi connectivity index (χ4v) is 8.53. The van der Waals surface area contributed by atoms with Crippen molar-refractivity contribution >= 4 is 54.3 Å². The summed E-state index contributed by atoms with van der Waals surface area (Å²) in [7, 11) is 0. The Morgan fingerprint density at radius 3 is 0.725 bits per heavy atom. The minimum absolute atomic E-state index is 1.02. The summed E-state index contributed by atoms with van der Waals surface area (Å²) in [5.74, 6) is -43.2. The van der Waals surface area contributed by atoms with Gasteiger partial charge in [0, 0.05) is 32.7 Å². The quantitative estimate of drug-likeness (QED) is 0.0663. The molecule has 0 aliphatic carbocycles. The molecule has 0 amide bonds. The van der Waals surface area contributed by atoms with Gasteiger partial charge < -0.3 is 137 Å². The first-order valence-corrected chi connectivity index (χ1v) is 18.5. The number of aromatic hydroxyl groups is 26. The van der Waals surface area contributed by atoms with Crippen molar-refractivity contribution in [3.05, 3.63) is 0 Å². The summed E-state index contributed by atoms with van der Waals surface area (Å²) in [6, 6.07) is 0. The Morgan fingerprint density at radius 2 is 0.348 bits per heavy atom. The highest BCUT2D eigenvalue weighted by Crippen LogP contribution is 2.69. The molecule has 356 valence electrons. The van der Waals surface area contributed by atoms with Crippen molar-refractivity contribution < 1.29 is 137 Å². The Labute approximate surface area is 373 Å². The van der Waals surface area contributed by atoms with Crippen LogP contribution in [0.5, 0.6) is 149 Å². The van der Waals surface area contributed by atoms with Gasteiger partial charge in [0.25, 0.3) is 0 Å². The van der Waals surface area contributed by atoms with E-state index < -0.39 is 237 Å². The summed E-state index contributed by atoms with van der Waals surface area (Å²) in [5, 5.41) is 278. The molecule has 0 aliphatic rings. The molecule has 0 bridgehead atoms. The summed E-state index contributed by atoms with van der Waals surface area (Å²) < 4.78 is 5.44. The Morgan fingerprint density at radius 1 is 0.130 bits per heavy atom. The zero-order valence-corrected chi connectivity index (χ0v) is 33.0. The number of benzene rings is 8. The molecule has 26 N–H and O–H groups in total. The molecule has 8 aromatic carbocycles. The van der Waals surface area contributed by atoms with Crippen LogP contribution in [0.15, 0.2) is 4.42 Å². The first-order valence-electron chi connectivity index (χ1n) is 18.5. The largest absolute Gasteiger partial charge is 0.506 e. The molecule has 0 fully saturated rings. The predicted molar refractivity (Wildman–Crippen MR) is 226 cm³/mol. The smallest absolute Gasteiger partial charge is 0.208 e. The first-order chi connectivity index (χ1) is 32.2. The van der Waals surface area contributed by atoms with Crippen LogP contribution >= 0.6 is 0 Å². The predicted octanol–water partition coefficient (Wildman–Crippen LogP) is 4.39. The van der Waals surface area contributed by atoms with Crippen molar-refractivity contribution in [3.63, 3.8) is 0 Å². The van der Waals surface area contributed by atoms with Crippen LogP contribution in [0.25, 0.3) is 87.6 Å². The van der Waals surface area contributed by atoms with Gasteiger partial charge >= 0.3 is 0 Å². The van der Waals surface area contributed by atoms with Crippen molar-refractivity contribution in [2.45, 2.75) is 0 Å². The van der Waals surface area contributed by atoms with Gasteiger partial charge in [-0.1, -0.05) is 0 Å². The van der Waals surface area contributed by atoms with Crippen molar-refractivity contribution in [2.75, 3.05) is 0 Å². The Bertz CT molecular complexity index is 3850. The molecule has 0 unspecified atom stereocenters. The number of hydrogen-bond acceptors (Lipinski definition) is 27. The van der Waals surface area contributed by atoms with Crippen molar-refractivity contribution in [1.29, 1.82) is 0 Å². The number of rotatable bonds is 3. The standard InChI is InChI=1S/C42H26O27/c43-15-7(22(50)30(58)23(51)9(15)11-25(53)37(65)39(67)38(66)26(11)54)1-3-5(20(48)33(61)31(59)18(3)46)2(6-4(1)19(47)32(60)34(62)21(6)49)8-16(44)14-13-17(45)10-12(27(55)36(64)35(63)24(10)52)29(57)41(13)69-42(14)40(68)28(8)56/h43-68H. The lowest BCUT2D eigenvalue weighted by molar-refractivity contribution is 0.329.